The smallest absolute Gasteiger partial charge is 0.229 e. The molecule has 146 valence electrons. The molecule has 2 heterocycles. The van der Waals surface area contributed by atoms with Crippen molar-refractivity contribution in [1.82, 2.24) is 19.9 Å². The maximum absolute atomic E-state index is 5.41. The van der Waals surface area contributed by atoms with E-state index in [0.717, 1.165) is 38.7 Å². The van der Waals surface area contributed by atoms with Crippen LogP contribution in [0.5, 0.6) is 0 Å². The molecule has 0 aliphatic carbocycles. The predicted octanol–water partition coefficient (Wildman–Crippen LogP) is 2.51. The number of aromatic nitrogens is 3. The van der Waals surface area contributed by atoms with Crippen molar-refractivity contribution in [2.75, 3.05) is 50.6 Å². The van der Waals surface area contributed by atoms with Gasteiger partial charge in [0.2, 0.25) is 11.9 Å². The van der Waals surface area contributed by atoms with Crippen molar-refractivity contribution in [2.45, 2.75) is 32.9 Å². The first-order valence-electron chi connectivity index (χ1n) is 9.56. The Bertz CT molecular complexity index is 700. The molecule has 1 aromatic carbocycles. The Labute approximate surface area is 161 Å². The zero-order valence-corrected chi connectivity index (χ0v) is 16.8. The van der Waals surface area contributed by atoms with E-state index < -0.39 is 0 Å². The number of benzene rings is 1. The van der Waals surface area contributed by atoms with E-state index in [2.05, 4.69) is 63.3 Å². The minimum absolute atomic E-state index is 0.256. The molecule has 1 saturated heterocycles. The fourth-order valence-corrected chi connectivity index (χ4v) is 2.88. The lowest BCUT2D eigenvalue weighted by molar-refractivity contribution is 0.0342. The zero-order chi connectivity index (χ0) is 19.2. The molecule has 0 radical (unpaired) electrons. The predicted molar refractivity (Wildman–Crippen MR) is 108 cm³/mol. The van der Waals surface area contributed by atoms with E-state index in [9.17, 15) is 0 Å². The molecule has 1 fully saturated rings. The van der Waals surface area contributed by atoms with E-state index in [4.69, 9.17) is 4.74 Å². The van der Waals surface area contributed by atoms with Crippen molar-refractivity contribution in [1.29, 1.82) is 0 Å². The van der Waals surface area contributed by atoms with Crippen molar-refractivity contribution >= 4 is 11.9 Å². The van der Waals surface area contributed by atoms with Crippen LogP contribution in [-0.4, -0.2) is 60.3 Å². The first-order chi connectivity index (χ1) is 13.0. The minimum Gasteiger partial charge on any atom is -0.379 e. The monoisotopic (exact) mass is 370 g/mol. The van der Waals surface area contributed by atoms with E-state index in [1.165, 1.54) is 11.1 Å². The van der Waals surface area contributed by atoms with Gasteiger partial charge in [0.05, 0.1) is 13.2 Å². The first kappa shape index (κ1) is 19.5. The van der Waals surface area contributed by atoms with Gasteiger partial charge in [0.15, 0.2) is 0 Å². The van der Waals surface area contributed by atoms with Gasteiger partial charge < -0.3 is 15.0 Å². The van der Waals surface area contributed by atoms with Gasteiger partial charge >= 0.3 is 0 Å². The van der Waals surface area contributed by atoms with Crippen LogP contribution >= 0.6 is 0 Å². The number of ether oxygens (including phenoxy) is 1. The van der Waals surface area contributed by atoms with Crippen LogP contribution < -0.4 is 10.2 Å². The Morgan fingerprint density at radius 3 is 2.33 bits per heavy atom. The highest BCUT2D eigenvalue weighted by Gasteiger charge is 2.12. The third-order valence-corrected chi connectivity index (χ3v) is 4.54. The number of hydrogen-bond acceptors (Lipinski definition) is 7. The van der Waals surface area contributed by atoms with Gasteiger partial charge in [0.25, 0.3) is 0 Å². The Morgan fingerprint density at radius 1 is 1.04 bits per heavy atom. The van der Waals surface area contributed by atoms with Gasteiger partial charge in [-0.05, 0) is 11.1 Å². The summed E-state index contributed by atoms with van der Waals surface area (Å²) in [6, 6.07) is 8.73. The van der Waals surface area contributed by atoms with Gasteiger partial charge in [0.1, 0.15) is 5.82 Å². The average Bonchev–Trinajstić information content (AvgIpc) is 2.68. The Kier molecular flexibility index (Phi) is 6.58. The normalized spacial score (nSPS) is 15.1. The number of rotatable bonds is 7. The summed E-state index contributed by atoms with van der Waals surface area (Å²) in [5.41, 5.74) is 2.54. The molecule has 0 spiro atoms. The summed E-state index contributed by atoms with van der Waals surface area (Å²) in [7, 11) is 3.88. The van der Waals surface area contributed by atoms with Crippen molar-refractivity contribution in [2.24, 2.45) is 0 Å². The molecule has 0 saturated carbocycles. The molecule has 0 bridgehead atoms. The number of nitrogens with one attached hydrogen (secondary N) is 1. The fourth-order valence-electron chi connectivity index (χ4n) is 2.88. The molecule has 27 heavy (non-hydrogen) atoms. The van der Waals surface area contributed by atoms with Crippen LogP contribution in [0.25, 0.3) is 0 Å². The van der Waals surface area contributed by atoms with Gasteiger partial charge in [-0.15, -0.1) is 0 Å². The summed E-state index contributed by atoms with van der Waals surface area (Å²) in [5.74, 6) is 2.36. The van der Waals surface area contributed by atoms with E-state index >= 15 is 0 Å². The topological polar surface area (TPSA) is 66.4 Å². The van der Waals surface area contributed by atoms with Gasteiger partial charge in [0, 0.05) is 46.2 Å². The molecule has 0 amide bonds. The third kappa shape index (κ3) is 5.61. The molecule has 1 aromatic heterocycles. The van der Waals surface area contributed by atoms with Gasteiger partial charge in [-0.2, -0.15) is 15.0 Å². The van der Waals surface area contributed by atoms with Crippen molar-refractivity contribution in [3.63, 3.8) is 0 Å². The lowest BCUT2D eigenvalue weighted by Gasteiger charge is -2.26. The van der Waals surface area contributed by atoms with Gasteiger partial charge in [-0.3, -0.25) is 4.90 Å². The van der Waals surface area contributed by atoms with Crippen molar-refractivity contribution in [3.05, 3.63) is 41.2 Å². The molecule has 7 heteroatoms. The molecular weight excluding hydrogens is 340 g/mol. The van der Waals surface area contributed by atoms with Gasteiger partial charge in [-0.1, -0.05) is 38.1 Å². The number of anilines is 2. The number of hydrogen-bond donors (Lipinski definition) is 1. The van der Waals surface area contributed by atoms with Crippen LogP contribution in [0.1, 0.15) is 36.7 Å². The summed E-state index contributed by atoms with van der Waals surface area (Å²) in [6.07, 6.45) is 0. The van der Waals surface area contributed by atoms with Crippen LogP contribution in [0.15, 0.2) is 24.3 Å². The Hall–Kier alpha value is -2.25. The quantitative estimate of drug-likeness (QED) is 0.803. The Morgan fingerprint density at radius 2 is 1.70 bits per heavy atom. The highest BCUT2D eigenvalue weighted by molar-refractivity contribution is 5.37. The maximum Gasteiger partial charge on any atom is 0.229 e. The molecule has 1 aliphatic heterocycles. The summed E-state index contributed by atoms with van der Waals surface area (Å²) in [4.78, 5) is 17.9. The molecule has 0 unspecified atom stereocenters. The summed E-state index contributed by atoms with van der Waals surface area (Å²) in [6.45, 7) is 9.53. The van der Waals surface area contributed by atoms with Crippen LogP contribution in [-0.2, 0) is 17.8 Å². The second kappa shape index (κ2) is 9.10. The lowest BCUT2D eigenvalue weighted by Crippen LogP contribution is -2.35. The molecule has 7 nitrogen and oxygen atoms in total. The first-order valence-corrected chi connectivity index (χ1v) is 9.56. The summed E-state index contributed by atoms with van der Waals surface area (Å²) < 4.78 is 5.41. The standard InChI is InChI=1S/C20H30N6O/c1-15(2)18-22-19(24-20(23-18)25(3)4)21-13-16-5-7-17(8-6-16)14-26-9-11-27-12-10-26/h5-8,15H,9-14H2,1-4H3,(H,21,22,23,24). The van der Waals surface area contributed by atoms with E-state index in [1.807, 2.05) is 19.0 Å². The fraction of sp³-hybridized carbons (Fsp3) is 0.550. The number of nitrogens with zero attached hydrogens (tertiary/aromatic N) is 5. The van der Waals surface area contributed by atoms with Crippen LogP contribution in [0.4, 0.5) is 11.9 Å². The zero-order valence-electron chi connectivity index (χ0n) is 16.8. The molecule has 1 aliphatic rings. The van der Waals surface area contributed by atoms with E-state index in [1.54, 1.807) is 0 Å². The third-order valence-electron chi connectivity index (χ3n) is 4.54. The Balaban J connectivity index is 1.61. The lowest BCUT2D eigenvalue weighted by atomic mass is 10.1. The van der Waals surface area contributed by atoms with Crippen LogP contribution in [0.2, 0.25) is 0 Å². The van der Waals surface area contributed by atoms with E-state index in [-0.39, 0.29) is 5.92 Å². The molecule has 0 atom stereocenters. The maximum atomic E-state index is 5.41. The molecular formula is C20H30N6O. The molecule has 2 aromatic rings. The molecule has 3 rings (SSSR count). The second-order valence-electron chi connectivity index (χ2n) is 7.42. The number of morpholine rings is 1. The largest absolute Gasteiger partial charge is 0.379 e. The second-order valence-corrected chi connectivity index (χ2v) is 7.42. The average molecular weight is 371 g/mol. The van der Waals surface area contributed by atoms with Gasteiger partial charge in [-0.25, -0.2) is 0 Å². The van der Waals surface area contributed by atoms with Crippen LogP contribution in [0.3, 0.4) is 0 Å². The van der Waals surface area contributed by atoms with Crippen molar-refractivity contribution in [3.8, 4) is 0 Å². The molecule has 1 N–H and O–H groups in total. The SMILES string of the molecule is CC(C)c1nc(NCc2ccc(CN3CCOCC3)cc2)nc(N(C)C)n1. The highest BCUT2D eigenvalue weighted by Crippen LogP contribution is 2.16. The van der Waals surface area contributed by atoms with Crippen molar-refractivity contribution < 1.29 is 4.74 Å². The van der Waals surface area contributed by atoms with Crippen LogP contribution in [0, 0.1) is 0 Å². The summed E-state index contributed by atoms with van der Waals surface area (Å²) >= 11 is 0. The minimum atomic E-state index is 0.256. The highest BCUT2D eigenvalue weighted by atomic mass is 16.5. The summed E-state index contributed by atoms with van der Waals surface area (Å²) in [5, 5.41) is 3.34. The van der Waals surface area contributed by atoms with E-state index in [0.29, 0.717) is 18.4 Å².